The molecule has 0 spiro atoms. The van der Waals surface area contributed by atoms with E-state index in [-0.39, 0.29) is 18.3 Å². The van der Waals surface area contributed by atoms with E-state index < -0.39 is 0 Å². The van der Waals surface area contributed by atoms with Crippen LogP contribution < -0.4 is 10.6 Å². The number of rotatable bonds is 5. The summed E-state index contributed by atoms with van der Waals surface area (Å²) in [7, 11) is 0. The maximum atomic E-state index is 12.4. The number of nitrogens with zero attached hydrogens (tertiary/aromatic N) is 2. The molecule has 1 fully saturated rings. The van der Waals surface area contributed by atoms with E-state index in [1.807, 2.05) is 37.3 Å². The Morgan fingerprint density at radius 2 is 2.17 bits per heavy atom. The van der Waals surface area contributed by atoms with E-state index in [9.17, 15) is 4.79 Å². The highest BCUT2D eigenvalue weighted by Crippen LogP contribution is 2.15. The summed E-state index contributed by atoms with van der Waals surface area (Å²) in [6.07, 6.45) is 5.18. The summed E-state index contributed by atoms with van der Waals surface area (Å²) in [6, 6.07) is 9.87. The van der Waals surface area contributed by atoms with E-state index in [0.717, 1.165) is 37.4 Å². The lowest BCUT2D eigenvalue weighted by Crippen LogP contribution is -2.33. The van der Waals surface area contributed by atoms with Gasteiger partial charge in [-0.3, -0.25) is 4.79 Å². The predicted octanol–water partition coefficient (Wildman–Crippen LogP) is 2.72. The highest BCUT2D eigenvalue weighted by Gasteiger charge is 2.16. The number of para-hydroxylation sites is 1. The number of hydrogen-bond acceptors (Lipinski definition) is 3. The lowest BCUT2D eigenvalue weighted by molar-refractivity contribution is 0.0950. The number of halogens is 1. The van der Waals surface area contributed by atoms with Crippen molar-refractivity contribution in [2.24, 2.45) is 5.92 Å². The summed E-state index contributed by atoms with van der Waals surface area (Å²) in [6.45, 7) is 4.85. The lowest BCUT2D eigenvalue weighted by atomic mass is 9.96. The van der Waals surface area contributed by atoms with Crippen molar-refractivity contribution in [2.75, 3.05) is 19.6 Å². The average molecular weight is 349 g/mol. The molecule has 2 N–H and O–H groups in total. The van der Waals surface area contributed by atoms with E-state index in [2.05, 4.69) is 15.7 Å². The lowest BCUT2D eigenvalue weighted by Gasteiger charge is -2.22. The van der Waals surface area contributed by atoms with Gasteiger partial charge in [0.05, 0.1) is 23.1 Å². The van der Waals surface area contributed by atoms with E-state index in [1.165, 1.54) is 12.8 Å². The fourth-order valence-corrected chi connectivity index (χ4v) is 3.12. The molecular weight excluding hydrogens is 324 g/mol. The second-order valence-electron chi connectivity index (χ2n) is 6.15. The van der Waals surface area contributed by atoms with Gasteiger partial charge in [0.25, 0.3) is 5.91 Å². The molecule has 130 valence electrons. The standard InChI is InChI=1S/C18H24N4O.ClH/c1-14-17(13-21-22(14)16-7-3-2-4-8-16)18(23)20-11-9-15-6-5-10-19-12-15;/h2-4,7-8,13,15,19H,5-6,9-12H2,1H3,(H,20,23);1H. The van der Waals surface area contributed by atoms with Crippen LogP contribution in [0, 0.1) is 12.8 Å². The Kier molecular flexibility index (Phi) is 6.82. The molecule has 1 aliphatic heterocycles. The van der Waals surface area contributed by atoms with Gasteiger partial charge in [0.1, 0.15) is 0 Å². The number of nitrogens with one attached hydrogen (secondary N) is 2. The monoisotopic (exact) mass is 348 g/mol. The van der Waals surface area contributed by atoms with Crippen LogP contribution in [0.5, 0.6) is 0 Å². The molecule has 0 aliphatic carbocycles. The number of hydrogen-bond donors (Lipinski definition) is 2. The maximum Gasteiger partial charge on any atom is 0.254 e. The second-order valence-corrected chi connectivity index (χ2v) is 6.15. The molecular formula is C18H25ClN4O. The first-order valence-electron chi connectivity index (χ1n) is 8.34. The van der Waals surface area contributed by atoms with Gasteiger partial charge in [-0.15, -0.1) is 12.4 Å². The van der Waals surface area contributed by atoms with Crippen LogP contribution in [0.15, 0.2) is 36.5 Å². The van der Waals surface area contributed by atoms with Crippen molar-refractivity contribution in [3.63, 3.8) is 0 Å². The normalized spacial score (nSPS) is 17.1. The summed E-state index contributed by atoms with van der Waals surface area (Å²) in [5.74, 6) is 0.644. The zero-order valence-corrected chi connectivity index (χ0v) is 14.8. The minimum Gasteiger partial charge on any atom is -0.352 e. The molecule has 1 saturated heterocycles. The van der Waals surface area contributed by atoms with Gasteiger partial charge in [-0.25, -0.2) is 4.68 Å². The molecule has 5 nitrogen and oxygen atoms in total. The highest BCUT2D eigenvalue weighted by atomic mass is 35.5. The molecule has 1 aromatic heterocycles. The summed E-state index contributed by atoms with van der Waals surface area (Å²) in [5, 5.41) is 10.8. The molecule has 24 heavy (non-hydrogen) atoms. The van der Waals surface area contributed by atoms with Crippen LogP contribution in [0.1, 0.15) is 35.3 Å². The smallest absolute Gasteiger partial charge is 0.254 e. The summed E-state index contributed by atoms with van der Waals surface area (Å²) >= 11 is 0. The molecule has 1 aliphatic rings. The zero-order valence-electron chi connectivity index (χ0n) is 14.0. The third kappa shape index (κ3) is 4.36. The van der Waals surface area contributed by atoms with Crippen molar-refractivity contribution in [3.05, 3.63) is 47.8 Å². The third-order valence-corrected chi connectivity index (χ3v) is 4.49. The van der Waals surface area contributed by atoms with Gasteiger partial charge in [-0.2, -0.15) is 5.10 Å². The largest absolute Gasteiger partial charge is 0.352 e. The minimum atomic E-state index is -0.0338. The quantitative estimate of drug-likeness (QED) is 0.873. The Bertz CT molecular complexity index is 650. The molecule has 2 heterocycles. The van der Waals surface area contributed by atoms with Crippen molar-refractivity contribution < 1.29 is 4.79 Å². The molecule has 2 aromatic rings. The van der Waals surface area contributed by atoms with Crippen LogP contribution in [-0.2, 0) is 0 Å². The summed E-state index contributed by atoms with van der Waals surface area (Å²) < 4.78 is 1.81. The van der Waals surface area contributed by atoms with Gasteiger partial charge in [-0.1, -0.05) is 18.2 Å². The zero-order chi connectivity index (χ0) is 16.1. The van der Waals surface area contributed by atoms with Crippen LogP contribution in [0.2, 0.25) is 0 Å². The van der Waals surface area contributed by atoms with Crippen molar-refractivity contribution in [1.82, 2.24) is 20.4 Å². The number of piperidine rings is 1. The topological polar surface area (TPSA) is 59.0 Å². The second kappa shape index (κ2) is 8.85. The van der Waals surface area contributed by atoms with E-state index in [0.29, 0.717) is 11.5 Å². The van der Waals surface area contributed by atoms with Crippen LogP contribution in [-0.4, -0.2) is 35.3 Å². The Morgan fingerprint density at radius 3 is 2.88 bits per heavy atom. The van der Waals surface area contributed by atoms with Crippen molar-refractivity contribution in [1.29, 1.82) is 0 Å². The first kappa shape index (κ1) is 18.5. The Labute approximate surface area is 149 Å². The average Bonchev–Trinajstić information content (AvgIpc) is 2.98. The fraction of sp³-hybridized carbons (Fsp3) is 0.444. The number of carbonyl (C=O) groups is 1. The van der Waals surface area contributed by atoms with Crippen molar-refractivity contribution in [2.45, 2.75) is 26.2 Å². The predicted molar refractivity (Wildman–Crippen MR) is 98.1 cm³/mol. The molecule has 1 unspecified atom stereocenters. The van der Waals surface area contributed by atoms with Gasteiger partial charge < -0.3 is 10.6 Å². The minimum absolute atomic E-state index is 0. The van der Waals surface area contributed by atoms with E-state index in [4.69, 9.17) is 0 Å². The van der Waals surface area contributed by atoms with Gasteiger partial charge in [0, 0.05) is 6.54 Å². The summed E-state index contributed by atoms with van der Waals surface area (Å²) in [5.41, 5.74) is 2.49. The van der Waals surface area contributed by atoms with Crippen LogP contribution in [0.4, 0.5) is 0 Å². The number of amides is 1. The van der Waals surface area contributed by atoms with Gasteiger partial charge >= 0.3 is 0 Å². The third-order valence-electron chi connectivity index (χ3n) is 4.49. The Hall–Kier alpha value is -1.85. The molecule has 1 aromatic carbocycles. The molecule has 6 heteroatoms. The molecule has 0 radical (unpaired) electrons. The SMILES string of the molecule is Cc1c(C(=O)NCCC2CCCNC2)cnn1-c1ccccc1.Cl. The molecule has 0 bridgehead atoms. The number of aromatic nitrogens is 2. The van der Waals surface area contributed by atoms with Crippen LogP contribution in [0.3, 0.4) is 0 Å². The van der Waals surface area contributed by atoms with E-state index in [1.54, 1.807) is 10.9 Å². The summed E-state index contributed by atoms with van der Waals surface area (Å²) in [4.78, 5) is 12.4. The Balaban J connectivity index is 0.00000208. The number of benzene rings is 1. The van der Waals surface area contributed by atoms with Gasteiger partial charge in [0.2, 0.25) is 0 Å². The van der Waals surface area contributed by atoms with Crippen molar-refractivity contribution in [3.8, 4) is 5.69 Å². The molecule has 3 rings (SSSR count). The first-order chi connectivity index (χ1) is 11.3. The van der Waals surface area contributed by atoms with Gasteiger partial charge in [-0.05, 0) is 57.3 Å². The van der Waals surface area contributed by atoms with Crippen LogP contribution in [0.25, 0.3) is 5.69 Å². The van der Waals surface area contributed by atoms with Gasteiger partial charge in [0.15, 0.2) is 0 Å². The number of carbonyl (C=O) groups excluding carboxylic acids is 1. The van der Waals surface area contributed by atoms with E-state index >= 15 is 0 Å². The maximum absolute atomic E-state index is 12.4. The molecule has 1 amide bonds. The van der Waals surface area contributed by atoms with Crippen LogP contribution >= 0.6 is 12.4 Å². The molecule has 1 atom stereocenters. The first-order valence-corrected chi connectivity index (χ1v) is 8.34. The molecule has 0 saturated carbocycles. The highest BCUT2D eigenvalue weighted by molar-refractivity contribution is 5.95. The fourth-order valence-electron chi connectivity index (χ4n) is 3.12. The van der Waals surface area contributed by atoms with Crippen molar-refractivity contribution >= 4 is 18.3 Å². The Morgan fingerprint density at radius 1 is 1.38 bits per heavy atom.